The van der Waals surface area contributed by atoms with Crippen molar-refractivity contribution in [2.24, 2.45) is 0 Å². The number of nitrogens with two attached hydrogens (primary N) is 1. The first-order valence-corrected chi connectivity index (χ1v) is 5.24. The summed E-state index contributed by atoms with van der Waals surface area (Å²) >= 11 is 10.7. The lowest BCUT2D eigenvalue weighted by atomic mass is 10.1. The van der Waals surface area contributed by atoms with Crippen molar-refractivity contribution in [1.82, 2.24) is 9.97 Å². The van der Waals surface area contributed by atoms with Crippen LogP contribution in [-0.2, 0) is 0 Å². The number of H-pyrrole nitrogens is 2. The molecule has 82 valence electrons. The largest absolute Gasteiger partial charge is 0.385 e. The minimum atomic E-state index is -0.330. The second kappa shape index (κ2) is 4.11. The van der Waals surface area contributed by atoms with Crippen molar-refractivity contribution >= 4 is 29.6 Å². The van der Waals surface area contributed by atoms with Crippen LogP contribution in [0.25, 0.3) is 11.1 Å². The minimum absolute atomic E-state index is 0.202. The summed E-state index contributed by atoms with van der Waals surface area (Å²) in [5.74, 6) is 0.232. The minimum Gasteiger partial charge on any atom is -0.385 e. The van der Waals surface area contributed by atoms with Gasteiger partial charge in [0.1, 0.15) is 5.82 Å². The number of nitrogen functional groups attached to an aromatic ring is 1. The molecule has 1 heterocycles. The average molecular weight is 254 g/mol. The molecule has 0 radical (unpaired) electrons. The van der Waals surface area contributed by atoms with E-state index in [9.17, 15) is 4.79 Å². The Bertz CT molecular complexity index is 647. The van der Waals surface area contributed by atoms with Gasteiger partial charge < -0.3 is 10.7 Å². The van der Waals surface area contributed by atoms with E-state index in [2.05, 4.69) is 9.97 Å². The van der Waals surface area contributed by atoms with Crippen LogP contribution in [0, 0.1) is 4.77 Å². The number of nitrogens with one attached hydrogen (secondary N) is 2. The van der Waals surface area contributed by atoms with E-state index in [1.54, 1.807) is 24.3 Å². The fraction of sp³-hybridized carbons (Fsp3) is 0. The van der Waals surface area contributed by atoms with E-state index in [0.717, 1.165) is 0 Å². The van der Waals surface area contributed by atoms with E-state index >= 15 is 0 Å². The zero-order valence-corrected chi connectivity index (χ0v) is 9.65. The molecule has 0 aliphatic rings. The first kappa shape index (κ1) is 10.9. The van der Waals surface area contributed by atoms with Gasteiger partial charge >= 0.3 is 0 Å². The van der Waals surface area contributed by atoms with E-state index < -0.39 is 0 Å². The molecular formula is C10H8ClN3OS. The molecule has 0 atom stereocenters. The summed E-state index contributed by atoms with van der Waals surface area (Å²) in [6, 6.07) is 6.89. The first-order valence-electron chi connectivity index (χ1n) is 4.46. The predicted octanol–water partition coefficient (Wildman–Crippen LogP) is 2.34. The molecule has 0 spiro atoms. The van der Waals surface area contributed by atoms with E-state index in [-0.39, 0.29) is 16.1 Å². The summed E-state index contributed by atoms with van der Waals surface area (Å²) in [7, 11) is 0. The van der Waals surface area contributed by atoms with Crippen molar-refractivity contribution in [1.29, 1.82) is 0 Å². The summed E-state index contributed by atoms with van der Waals surface area (Å²) in [4.78, 5) is 16.9. The molecule has 4 N–H and O–H groups in total. The molecule has 0 unspecified atom stereocenters. The van der Waals surface area contributed by atoms with Gasteiger partial charge in [-0.1, -0.05) is 23.7 Å². The third-order valence-electron chi connectivity index (χ3n) is 2.08. The molecule has 0 saturated carbocycles. The Labute approximate surface area is 101 Å². The Kier molecular flexibility index (Phi) is 2.80. The van der Waals surface area contributed by atoms with Crippen LogP contribution in [0.1, 0.15) is 0 Å². The fourth-order valence-electron chi connectivity index (χ4n) is 1.43. The van der Waals surface area contributed by atoms with Gasteiger partial charge in [-0.2, -0.15) is 0 Å². The molecule has 16 heavy (non-hydrogen) atoms. The molecule has 6 heteroatoms. The highest BCUT2D eigenvalue weighted by Crippen LogP contribution is 2.22. The monoisotopic (exact) mass is 253 g/mol. The average Bonchev–Trinajstić information content (AvgIpc) is 2.15. The zero-order chi connectivity index (χ0) is 11.7. The van der Waals surface area contributed by atoms with Crippen molar-refractivity contribution in [2.45, 2.75) is 0 Å². The number of hydrogen-bond donors (Lipinski definition) is 3. The Morgan fingerprint density at radius 2 is 2.06 bits per heavy atom. The van der Waals surface area contributed by atoms with E-state index in [4.69, 9.17) is 29.6 Å². The SMILES string of the molecule is Nc1[nH]c(=S)[nH]c(=O)c1-c1cccc(Cl)c1. The predicted molar refractivity (Wildman–Crippen MR) is 67.1 cm³/mol. The van der Waals surface area contributed by atoms with E-state index in [0.29, 0.717) is 16.1 Å². The molecular weight excluding hydrogens is 246 g/mol. The number of benzene rings is 1. The van der Waals surface area contributed by atoms with Crippen molar-refractivity contribution in [3.05, 3.63) is 44.4 Å². The van der Waals surface area contributed by atoms with Gasteiger partial charge in [0.15, 0.2) is 4.77 Å². The standard InChI is InChI=1S/C10H8ClN3OS/c11-6-3-1-2-5(4-6)7-8(12)13-10(16)14-9(7)15/h1-4H,(H4,12,13,14,15,16). The van der Waals surface area contributed by atoms with Crippen LogP contribution in [0.3, 0.4) is 0 Å². The molecule has 2 rings (SSSR count). The number of aromatic nitrogens is 2. The second-order valence-electron chi connectivity index (χ2n) is 3.21. The van der Waals surface area contributed by atoms with Crippen LogP contribution in [-0.4, -0.2) is 9.97 Å². The molecule has 0 bridgehead atoms. The van der Waals surface area contributed by atoms with Gasteiger partial charge in [-0.05, 0) is 29.9 Å². The van der Waals surface area contributed by atoms with Gasteiger partial charge in [0.05, 0.1) is 5.56 Å². The Hall–Kier alpha value is -1.59. The Morgan fingerprint density at radius 3 is 2.69 bits per heavy atom. The molecule has 0 amide bonds. The summed E-state index contributed by atoms with van der Waals surface area (Å²) in [6.45, 7) is 0. The summed E-state index contributed by atoms with van der Waals surface area (Å²) in [6.07, 6.45) is 0. The van der Waals surface area contributed by atoms with Crippen molar-refractivity contribution in [3.8, 4) is 11.1 Å². The number of aromatic amines is 2. The van der Waals surface area contributed by atoms with Crippen molar-refractivity contribution < 1.29 is 0 Å². The molecule has 0 aliphatic carbocycles. The number of hydrogen-bond acceptors (Lipinski definition) is 3. The highest BCUT2D eigenvalue weighted by Gasteiger charge is 2.08. The third kappa shape index (κ3) is 2.00. The molecule has 1 aromatic heterocycles. The highest BCUT2D eigenvalue weighted by molar-refractivity contribution is 7.71. The van der Waals surface area contributed by atoms with Crippen LogP contribution < -0.4 is 11.3 Å². The van der Waals surface area contributed by atoms with Gasteiger partial charge in [0.2, 0.25) is 0 Å². The van der Waals surface area contributed by atoms with Gasteiger partial charge in [0.25, 0.3) is 5.56 Å². The van der Waals surface area contributed by atoms with Gasteiger partial charge in [-0.3, -0.25) is 9.78 Å². The van der Waals surface area contributed by atoms with Crippen LogP contribution >= 0.6 is 23.8 Å². The van der Waals surface area contributed by atoms with Crippen LogP contribution in [0.2, 0.25) is 5.02 Å². The number of anilines is 1. The Morgan fingerprint density at radius 1 is 1.31 bits per heavy atom. The summed E-state index contributed by atoms with van der Waals surface area (Å²) in [5, 5.41) is 0.541. The van der Waals surface area contributed by atoms with Crippen LogP contribution in [0.15, 0.2) is 29.1 Å². The zero-order valence-electron chi connectivity index (χ0n) is 8.08. The van der Waals surface area contributed by atoms with Gasteiger partial charge in [0, 0.05) is 5.02 Å². The topological polar surface area (TPSA) is 74.7 Å². The fourth-order valence-corrected chi connectivity index (χ4v) is 1.83. The summed E-state index contributed by atoms with van der Waals surface area (Å²) < 4.78 is 0.202. The molecule has 0 fully saturated rings. The lowest BCUT2D eigenvalue weighted by molar-refractivity contribution is 1.10. The highest BCUT2D eigenvalue weighted by atomic mass is 35.5. The van der Waals surface area contributed by atoms with Gasteiger partial charge in [-0.15, -0.1) is 0 Å². The molecule has 4 nitrogen and oxygen atoms in total. The maximum Gasteiger partial charge on any atom is 0.261 e. The molecule has 0 aliphatic heterocycles. The molecule has 2 aromatic rings. The maximum atomic E-state index is 11.7. The maximum absolute atomic E-state index is 11.7. The van der Waals surface area contributed by atoms with E-state index in [1.165, 1.54) is 0 Å². The summed E-state index contributed by atoms with van der Waals surface area (Å²) in [5.41, 5.74) is 6.38. The normalized spacial score (nSPS) is 10.3. The lowest BCUT2D eigenvalue weighted by Gasteiger charge is -2.04. The number of rotatable bonds is 1. The third-order valence-corrected chi connectivity index (χ3v) is 2.52. The quantitative estimate of drug-likeness (QED) is 0.683. The van der Waals surface area contributed by atoms with Crippen LogP contribution in [0.5, 0.6) is 0 Å². The molecule has 1 aromatic carbocycles. The van der Waals surface area contributed by atoms with E-state index in [1.807, 2.05) is 0 Å². The smallest absolute Gasteiger partial charge is 0.261 e. The first-order chi connectivity index (χ1) is 7.58. The number of halogens is 1. The molecule has 0 saturated heterocycles. The van der Waals surface area contributed by atoms with Gasteiger partial charge in [-0.25, -0.2) is 0 Å². The van der Waals surface area contributed by atoms with Crippen molar-refractivity contribution in [3.63, 3.8) is 0 Å². The Balaban J connectivity index is 2.74. The second-order valence-corrected chi connectivity index (χ2v) is 4.05. The van der Waals surface area contributed by atoms with Crippen molar-refractivity contribution in [2.75, 3.05) is 5.73 Å². The van der Waals surface area contributed by atoms with Crippen LogP contribution in [0.4, 0.5) is 5.82 Å². The lowest BCUT2D eigenvalue weighted by Crippen LogP contribution is -2.13.